The van der Waals surface area contributed by atoms with Crippen molar-refractivity contribution in [3.8, 4) is 0 Å². The molecule has 1 N–H and O–H groups in total. The maximum absolute atomic E-state index is 11.1. The van der Waals surface area contributed by atoms with E-state index < -0.39 is 21.2 Å². The van der Waals surface area contributed by atoms with E-state index in [0.29, 0.717) is 12.8 Å². The molecule has 5 heteroatoms. The molecular weight excluding hydrogens is 204 g/mol. The highest BCUT2D eigenvalue weighted by atomic mass is 32.2. The van der Waals surface area contributed by atoms with Gasteiger partial charge in [0.25, 0.3) is 0 Å². The van der Waals surface area contributed by atoms with Gasteiger partial charge in [0.1, 0.15) is 9.84 Å². The lowest BCUT2D eigenvalue weighted by Crippen LogP contribution is -2.24. The summed E-state index contributed by atoms with van der Waals surface area (Å²) in [6, 6.07) is 0. The number of hydrogen-bond donors (Lipinski definition) is 1. The van der Waals surface area contributed by atoms with E-state index in [4.69, 9.17) is 5.11 Å². The number of carbonyl (C=O) groups is 1. The van der Waals surface area contributed by atoms with Crippen molar-refractivity contribution in [3.05, 3.63) is 0 Å². The van der Waals surface area contributed by atoms with Gasteiger partial charge >= 0.3 is 5.97 Å². The van der Waals surface area contributed by atoms with Crippen LogP contribution in [0.2, 0.25) is 0 Å². The molecule has 4 nitrogen and oxygen atoms in total. The van der Waals surface area contributed by atoms with Gasteiger partial charge in [-0.1, -0.05) is 6.92 Å². The molecular formula is C9H18O4S. The molecule has 0 aliphatic heterocycles. The van der Waals surface area contributed by atoms with Crippen molar-refractivity contribution in [1.82, 2.24) is 0 Å². The molecule has 0 saturated heterocycles. The third kappa shape index (κ3) is 4.60. The van der Waals surface area contributed by atoms with Crippen LogP contribution in [0.25, 0.3) is 0 Å². The summed E-state index contributed by atoms with van der Waals surface area (Å²) < 4.78 is 22.2. The lowest BCUT2D eigenvalue weighted by molar-refractivity contribution is -0.147. The predicted octanol–water partition coefficient (Wildman–Crippen LogP) is 1.31. The minimum absolute atomic E-state index is 0.0835. The van der Waals surface area contributed by atoms with Gasteiger partial charge in [-0.3, -0.25) is 4.79 Å². The van der Waals surface area contributed by atoms with E-state index in [9.17, 15) is 13.2 Å². The highest BCUT2D eigenvalue weighted by Gasteiger charge is 2.26. The predicted molar refractivity (Wildman–Crippen MR) is 55.0 cm³/mol. The number of rotatable bonds is 6. The van der Waals surface area contributed by atoms with E-state index in [2.05, 4.69) is 0 Å². The first-order chi connectivity index (χ1) is 6.21. The summed E-state index contributed by atoms with van der Waals surface area (Å²) in [7, 11) is -2.96. The van der Waals surface area contributed by atoms with Gasteiger partial charge in [-0.05, 0) is 26.7 Å². The fourth-order valence-electron chi connectivity index (χ4n) is 0.985. The van der Waals surface area contributed by atoms with Crippen molar-refractivity contribution >= 4 is 15.8 Å². The van der Waals surface area contributed by atoms with Gasteiger partial charge in [-0.25, -0.2) is 8.42 Å². The maximum atomic E-state index is 11.1. The quantitative estimate of drug-likeness (QED) is 0.735. The van der Waals surface area contributed by atoms with Gasteiger partial charge in [0, 0.05) is 5.75 Å². The standard InChI is InChI=1S/C9H18O4S/c1-4-14(12,13)7-5-6-9(2,3)8(10)11/h4-7H2,1-3H3,(H,10,11). The number of sulfone groups is 1. The molecule has 0 rings (SSSR count). The normalized spacial score (nSPS) is 12.8. The van der Waals surface area contributed by atoms with Gasteiger partial charge in [-0.15, -0.1) is 0 Å². The highest BCUT2D eigenvalue weighted by molar-refractivity contribution is 7.91. The van der Waals surface area contributed by atoms with Gasteiger partial charge in [-0.2, -0.15) is 0 Å². The zero-order valence-corrected chi connectivity index (χ0v) is 9.73. The molecule has 0 atom stereocenters. The molecule has 84 valence electrons. The first-order valence-electron chi connectivity index (χ1n) is 4.65. The van der Waals surface area contributed by atoms with E-state index in [1.807, 2.05) is 0 Å². The molecule has 0 amide bonds. The van der Waals surface area contributed by atoms with Crippen LogP contribution < -0.4 is 0 Å². The molecule has 0 bridgehead atoms. The topological polar surface area (TPSA) is 71.4 Å². The maximum Gasteiger partial charge on any atom is 0.309 e. The monoisotopic (exact) mass is 222 g/mol. The number of hydrogen-bond acceptors (Lipinski definition) is 3. The van der Waals surface area contributed by atoms with Crippen molar-refractivity contribution in [1.29, 1.82) is 0 Å². The summed E-state index contributed by atoms with van der Waals surface area (Å²) in [5.74, 6) is -0.674. The summed E-state index contributed by atoms with van der Waals surface area (Å²) in [6.07, 6.45) is 0.803. The van der Waals surface area contributed by atoms with Crippen molar-refractivity contribution < 1.29 is 18.3 Å². The first-order valence-corrected chi connectivity index (χ1v) is 6.47. The van der Waals surface area contributed by atoms with Gasteiger partial charge in [0.2, 0.25) is 0 Å². The van der Waals surface area contributed by atoms with Crippen molar-refractivity contribution in [2.24, 2.45) is 5.41 Å². The van der Waals surface area contributed by atoms with Crippen LogP contribution in [0.4, 0.5) is 0 Å². The smallest absolute Gasteiger partial charge is 0.309 e. The number of carboxylic acid groups (broad SMARTS) is 1. The van der Waals surface area contributed by atoms with E-state index in [1.165, 1.54) is 0 Å². The van der Waals surface area contributed by atoms with Crippen LogP contribution in [0.5, 0.6) is 0 Å². The average Bonchev–Trinajstić information content (AvgIpc) is 2.03. The summed E-state index contributed by atoms with van der Waals surface area (Å²) in [5, 5.41) is 8.78. The Morgan fingerprint density at radius 2 is 1.86 bits per heavy atom. The molecule has 0 aromatic carbocycles. The molecule has 0 heterocycles. The van der Waals surface area contributed by atoms with Gasteiger partial charge in [0.05, 0.1) is 11.2 Å². The van der Waals surface area contributed by atoms with Crippen LogP contribution >= 0.6 is 0 Å². The summed E-state index contributed by atoms with van der Waals surface area (Å²) in [6.45, 7) is 4.81. The Labute approximate surface area is 85.2 Å². The SMILES string of the molecule is CCS(=O)(=O)CCCC(C)(C)C(=O)O. The average molecular weight is 222 g/mol. The Hall–Kier alpha value is -0.580. The van der Waals surface area contributed by atoms with Gasteiger partial charge in [0.15, 0.2) is 0 Å². The molecule has 0 fully saturated rings. The second-order valence-corrected chi connectivity index (χ2v) is 6.50. The van der Waals surface area contributed by atoms with E-state index in [-0.39, 0.29) is 11.5 Å². The lowest BCUT2D eigenvalue weighted by atomic mass is 9.88. The number of carboxylic acids is 1. The zero-order valence-electron chi connectivity index (χ0n) is 8.91. The molecule has 0 radical (unpaired) electrons. The third-order valence-corrected chi connectivity index (χ3v) is 4.07. The van der Waals surface area contributed by atoms with Crippen LogP contribution in [-0.2, 0) is 14.6 Å². The summed E-state index contributed by atoms with van der Waals surface area (Å²) in [5.41, 5.74) is -0.830. The van der Waals surface area contributed by atoms with Crippen LogP contribution in [0.15, 0.2) is 0 Å². The zero-order chi connectivity index (χ0) is 11.4. The van der Waals surface area contributed by atoms with Crippen molar-refractivity contribution in [3.63, 3.8) is 0 Å². The van der Waals surface area contributed by atoms with Crippen molar-refractivity contribution in [2.75, 3.05) is 11.5 Å². The first kappa shape index (κ1) is 13.4. The van der Waals surface area contributed by atoms with Crippen LogP contribution in [0, 0.1) is 5.41 Å². The Morgan fingerprint density at radius 1 is 1.36 bits per heavy atom. The molecule has 0 unspecified atom stereocenters. The molecule has 0 spiro atoms. The highest BCUT2D eigenvalue weighted by Crippen LogP contribution is 2.22. The minimum atomic E-state index is -2.96. The number of aliphatic carboxylic acids is 1. The third-order valence-electron chi connectivity index (χ3n) is 2.28. The summed E-state index contributed by atoms with van der Waals surface area (Å²) in [4.78, 5) is 10.7. The van der Waals surface area contributed by atoms with Gasteiger partial charge < -0.3 is 5.11 Å². The molecule has 0 saturated carbocycles. The molecule has 14 heavy (non-hydrogen) atoms. The Bertz CT molecular complexity index is 290. The largest absolute Gasteiger partial charge is 0.481 e. The Morgan fingerprint density at radius 3 is 2.21 bits per heavy atom. The van der Waals surface area contributed by atoms with Crippen LogP contribution in [0.3, 0.4) is 0 Å². The Kier molecular flexibility index (Phi) is 4.58. The van der Waals surface area contributed by atoms with Crippen LogP contribution in [-0.4, -0.2) is 31.0 Å². The molecule has 0 aromatic rings. The fraction of sp³-hybridized carbons (Fsp3) is 0.889. The van der Waals surface area contributed by atoms with Crippen molar-refractivity contribution in [2.45, 2.75) is 33.6 Å². The second kappa shape index (κ2) is 4.77. The van der Waals surface area contributed by atoms with E-state index >= 15 is 0 Å². The molecule has 0 aromatic heterocycles. The molecule has 0 aliphatic carbocycles. The fourth-order valence-corrected chi connectivity index (χ4v) is 1.86. The van der Waals surface area contributed by atoms with Crippen LogP contribution in [0.1, 0.15) is 33.6 Å². The van der Waals surface area contributed by atoms with E-state index in [0.717, 1.165) is 0 Å². The molecule has 0 aliphatic rings. The lowest BCUT2D eigenvalue weighted by Gasteiger charge is -2.18. The Balaban J connectivity index is 4.04. The van der Waals surface area contributed by atoms with E-state index in [1.54, 1.807) is 20.8 Å². The summed E-state index contributed by atoms with van der Waals surface area (Å²) >= 11 is 0. The minimum Gasteiger partial charge on any atom is -0.481 e. The second-order valence-electron chi connectivity index (χ2n) is 4.03.